The second kappa shape index (κ2) is 7.27. The van der Waals surface area contributed by atoms with Gasteiger partial charge in [-0.25, -0.2) is 4.79 Å². The van der Waals surface area contributed by atoms with Crippen LogP contribution in [-0.2, 0) is 4.79 Å². The highest BCUT2D eigenvalue weighted by Gasteiger charge is 2.09. The second-order valence-corrected chi connectivity index (χ2v) is 3.78. The molecule has 18 heavy (non-hydrogen) atoms. The van der Waals surface area contributed by atoms with E-state index in [1.54, 1.807) is 18.2 Å². The SMILES string of the molecule is C=CC(=O)CCCCOc1ccccc1C(=O)O. The Labute approximate surface area is 106 Å². The molecular weight excluding hydrogens is 232 g/mol. The van der Waals surface area contributed by atoms with E-state index in [-0.39, 0.29) is 11.3 Å². The van der Waals surface area contributed by atoms with Gasteiger partial charge in [-0.1, -0.05) is 18.7 Å². The summed E-state index contributed by atoms with van der Waals surface area (Å²) in [5.74, 6) is -0.631. The molecule has 0 fully saturated rings. The summed E-state index contributed by atoms with van der Waals surface area (Å²) in [5, 5.41) is 8.94. The third-order valence-corrected chi connectivity index (χ3v) is 2.42. The molecule has 1 N–H and O–H groups in total. The molecule has 0 aliphatic rings. The number of hydrogen-bond acceptors (Lipinski definition) is 3. The summed E-state index contributed by atoms with van der Waals surface area (Å²) in [6.45, 7) is 3.79. The van der Waals surface area contributed by atoms with Gasteiger partial charge in [0.1, 0.15) is 11.3 Å². The number of carboxylic acid groups (broad SMARTS) is 1. The van der Waals surface area contributed by atoms with Crippen LogP contribution in [-0.4, -0.2) is 23.5 Å². The molecule has 0 saturated carbocycles. The third-order valence-electron chi connectivity index (χ3n) is 2.42. The fourth-order valence-corrected chi connectivity index (χ4v) is 1.45. The van der Waals surface area contributed by atoms with Gasteiger partial charge >= 0.3 is 5.97 Å². The molecular formula is C14H16O4. The van der Waals surface area contributed by atoms with E-state index >= 15 is 0 Å². The third kappa shape index (κ3) is 4.41. The number of ketones is 1. The largest absolute Gasteiger partial charge is 0.493 e. The fourth-order valence-electron chi connectivity index (χ4n) is 1.45. The maximum atomic E-state index is 11.0. The number of rotatable bonds is 8. The van der Waals surface area contributed by atoms with Crippen LogP contribution in [0, 0.1) is 0 Å². The first kappa shape index (κ1) is 14.0. The van der Waals surface area contributed by atoms with E-state index in [0.717, 1.165) is 0 Å². The van der Waals surface area contributed by atoms with Crippen LogP contribution in [0.25, 0.3) is 0 Å². The van der Waals surface area contributed by atoms with E-state index in [9.17, 15) is 9.59 Å². The summed E-state index contributed by atoms with van der Waals surface area (Å²) < 4.78 is 5.40. The van der Waals surface area contributed by atoms with Crippen LogP contribution in [0.3, 0.4) is 0 Å². The summed E-state index contributed by atoms with van der Waals surface area (Å²) >= 11 is 0. The Kier molecular flexibility index (Phi) is 5.64. The lowest BCUT2D eigenvalue weighted by molar-refractivity contribution is -0.114. The number of benzene rings is 1. The lowest BCUT2D eigenvalue weighted by atomic mass is 10.2. The van der Waals surface area contributed by atoms with Crippen LogP contribution >= 0.6 is 0 Å². The predicted molar refractivity (Wildman–Crippen MR) is 68.0 cm³/mol. The molecule has 1 aromatic rings. The highest BCUT2D eigenvalue weighted by Crippen LogP contribution is 2.18. The normalized spacial score (nSPS) is 9.78. The second-order valence-electron chi connectivity index (χ2n) is 3.78. The smallest absolute Gasteiger partial charge is 0.339 e. The molecule has 0 aromatic heterocycles. The standard InChI is InChI=1S/C14H16O4/c1-2-11(15)7-5-6-10-18-13-9-4-3-8-12(13)14(16)17/h2-4,8-9H,1,5-7,10H2,(H,16,17). The molecule has 0 spiro atoms. The first-order valence-corrected chi connectivity index (χ1v) is 5.75. The van der Waals surface area contributed by atoms with Gasteiger partial charge < -0.3 is 9.84 Å². The molecule has 0 heterocycles. The van der Waals surface area contributed by atoms with Gasteiger partial charge in [0.25, 0.3) is 0 Å². The summed E-state index contributed by atoms with van der Waals surface area (Å²) in [4.78, 5) is 21.9. The molecule has 0 atom stereocenters. The Morgan fingerprint density at radius 1 is 1.28 bits per heavy atom. The molecule has 0 unspecified atom stereocenters. The zero-order chi connectivity index (χ0) is 13.4. The molecule has 0 bridgehead atoms. The Bertz CT molecular complexity index is 437. The molecule has 0 aliphatic heterocycles. The molecule has 96 valence electrons. The van der Waals surface area contributed by atoms with Crippen LogP contribution in [0.1, 0.15) is 29.6 Å². The van der Waals surface area contributed by atoms with Crippen LogP contribution in [0.5, 0.6) is 5.75 Å². The minimum absolute atomic E-state index is 0.0148. The molecule has 4 heteroatoms. The Morgan fingerprint density at radius 3 is 2.67 bits per heavy atom. The van der Waals surface area contributed by atoms with Gasteiger partial charge in [-0.15, -0.1) is 0 Å². The van der Waals surface area contributed by atoms with Crippen LogP contribution in [0.15, 0.2) is 36.9 Å². The van der Waals surface area contributed by atoms with Crippen molar-refractivity contribution in [3.8, 4) is 5.75 Å². The summed E-state index contributed by atoms with van der Waals surface area (Å²) in [5.41, 5.74) is 0.152. The van der Waals surface area contributed by atoms with E-state index in [1.807, 2.05) is 0 Å². The first-order valence-electron chi connectivity index (χ1n) is 5.75. The molecule has 4 nitrogen and oxygen atoms in total. The van der Waals surface area contributed by atoms with Gasteiger partial charge in [0.2, 0.25) is 0 Å². The number of allylic oxidation sites excluding steroid dienone is 1. The van der Waals surface area contributed by atoms with Crippen molar-refractivity contribution in [2.24, 2.45) is 0 Å². The molecule has 0 saturated heterocycles. The quantitative estimate of drug-likeness (QED) is 0.567. The van der Waals surface area contributed by atoms with E-state index in [0.29, 0.717) is 31.6 Å². The Hall–Kier alpha value is -2.10. The van der Waals surface area contributed by atoms with Gasteiger partial charge in [-0.05, 0) is 31.1 Å². The number of ether oxygens (including phenoxy) is 1. The van der Waals surface area contributed by atoms with Crippen molar-refractivity contribution in [2.75, 3.05) is 6.61 Å². The highest BCUT2D eigenvalue weighted by atomic mass is 16.5. The fraction of sp³-hybridized carbons (Fsp3) is 0.286. The van der Waals surface area contributed by atoms with E-state index in [1.165, 1.54) is 12.1 Å². The van der Waals surface area contributed by atoms with Crippen LogP contribution < -0.4 is 4.74 Å². The maximum absolute atomic E-state index is 11.0. The van der Waals surface area contributed by atoms with Gasteiger partial charge in [0.15, 0.2) is 5.78 Å². The predicted octanol–water partition coefficient (Wildman–Crippen LogP) is 2.69. The van der Waals surface area contributed by atoms with Crippen molar-refractivity contribution in [2.45, 2.75) is 19.3 Å². The molecule has 1 aromatic carbocycles. The lowest BCUT2D eigenvalue weighted by Crippen LogP contribution is -2.04. The number of carbonyl (C=O) groups is 2. The topological polar surface area (TPSA) is 63.6 Å². The zero-order valence-electron chi connectivity index (χ0n) is 10.1. The minimum atomic E-state index is -1.01. The van der Waals surface area contributed by atoms with Gasteiger partial charge in [-0.2, -0.15) is 0 Å². The van der Waals surface area contributed by atoms with Crippen molar-refractivity contribution < 1.29 is 19.4 Å². The summed E-state index contributed by atoms with van der Waals surface area (Å²) in [7, 11) is 0. The van der Waals surface area contributed by atoms with Crippen LogP contribution in [0.2, 0.25) is 0 Å². The minimum Gasteiger partial charge on any atom is -0.493 e. The van der Waals surface area contributed by atoms with Crippen molar-refractivity contribution >= 4 is 11.8 Å². The Morgan fingerprint density at radius 2 is 2.00 bits per heavy atom. The average Bonchev–Trinajstić information content (AvgIpc) is 2.38. The van der Waals surface area contributed by atoms with Gasteiger partial charge in [-0.3, -0.25) is 4.79 Å². The van der Waals surface area contributed by atoms with Crippen molar-refractivity contribution in [1.29, 1.82) is 0 Å². The number of carboxylic acids is 1. The number of para-hydroxylation sites is 1. The van der Waals surface area contributed by atoms with Gasteiger partial charge in [0.05, 0.1) is 6.61 Å². The van der Waals surface area contributed by atoms with Crippen LogP contribution in [0.4, 0.5) is 0 Å². The average molecular weight is 248 g/mol. The molecule has 0 amide bonds. The highest BCUT2D eigenvalue weighted by molar-refractivity contribution is 5.90. The summed E-state index contributed by atoms with van der Waals surface area (Å²) in [6.07, 6.45) is 3.17. The lowest BCUT2D eigenvalue weighted by Gasteiger charge is -2.08. The Balaban J connectivity index is 2.37. The van der Waals surface area contributed by atoms with E-state index in [4.69, 9.17) is 9.84 Å². The van der Waals surface area contributed by atoms with Gasteiger partial charge in [0, 0.05) is 6.42 Å². The van der Waals surface area contributed by atoms with Crippen molar-refractivity contribution in [3.05, 3.63) is 42.5 Å². The van der Waals surface area contributed by atoms with E-state index in [2.05, 4.69) is 6.58 Å². The van der Waals surface area contributed by atoms with Crippen molar-refractivity contribution in [1.82, 2.24) is 0 Å². The number of hydrogen-bond donors (Lipinski definition) is 1. The maximum Gasteiger partial charge on any atom is 0.339 e. The first-order chi connectivity index (χ1) is 8.65. The molecule has 0 aliphatic carbocycles. The number of carbonyl (C=O) groups excluding carboxylic acids is 1. The molecule has 1 rings (SSSR count). The summed E-state index contributed by atoms with van der Waals surface area (Å²) in [6, 6.07) is 6.50. The molecule has 0 radical (unpaired) electrons. The van der Waals surface area contributed by atoms with Crippen molar-refractivity contribution in [3.63, 3.8) is 0 Å². The van der Waals surface area contributed by atoms with E-state index < -0.39 is 5.97 Å². The monoisotopic (exact) mass is 248 g/mol. The zero-order valence-corrected chi connectivity index (χ0v) is 10.1. The number of unbranched alkanes of at least 4 members (excludes halogenated alkanes) is 1. The number of aromatic carboxylic acids is 1.